The molecule has 1 aliphatic rings. The maximum absolute atomic E-state index is 11.3. The van der Waals surface area contributed by atoms with E-state index < -0.39 is 48.8 Å². The van der Waals surface area contributed by atoms with Gasteiger partial charge >= 0.3 is 17.9 Å². The molecule has 1 N–H and O–H groups in total. The van der Waals surface area contributed by atoms with E-state index in [9.17, 15) is 19.5 Å². The standard InChI is InChI=1S/C14H22O10/c1-8(15)20-7-11-14(18,21-6-5-19-4)12(22-9(2)16)13(24-11)23-10(3)17/h11-13,18H,5-7H2,1-4H3/t11-,12+,13?,14-/m1/s1. The molecule has 0 saturated carbocycles. The predicted octanol–water partition coefficient (Wildman–Crippen LogP) is -0.879. The number of methoxy groups -OCH3 is 1. The van der Waals surface area contributed by atoms with Gasteiger partial charge in [-0.05, 0) is 0 Å². The zero-order valence-corrected chi connectivity index (χ0v) is 14.0. The third kappa shape index (κ3) is 5.41. The Bertz CT molecular complexity index is 464. The van der Waals surface area contributed by atoms with E-state index in [4.69, 9.17) is 28.4 Å². The molecule has 1 rings (SSSR count). The molecule has 4 atom stereocenters. The van der Waals surface area contributed by atoms with Crippen molar-refractivity contribution in [3.8, 4) is 0 Å². The molecule has 24 heavy (non-hydrogen) atoms. The van der Waals surface area contributed by atoms with E-state index in [2.05, 4.69) is 0 Å². The van der Waals surface area contributed by atoms with Crippen LogP contribution in [0.4, 0.5) is 0 Å². The molecule has 10 nitrogen and oxygen atoms in total. The second kappa shape index (κ2) is 8.92. The molecule has 0 radical (unpaired) electrons. The van der Waals surface area contributed by atoms with Crippen molar-refractivity contribution < 1.29 is 47.9 Å². The molecule has 0 bridgehead atoms. The summed E-state index contributed by atoms with van der Waals surface area (Å²) in [5, 5.41) is 10.8. The van der Waals surface area contributed by atoms with Gasteiger partial charge in [-0.15, -0.1) is 0 Å². The van der Waals surface area contributed by atoms with Gasteiger partial charge in [0.25, 0.3) is 0 Å². The molecule has 0 aromatic rings. The Kier molecular flexibility index (Phi) is 7.55. The number of ether oxygens (including phenoxy) is 6. The Morgan fingerprint density at radius 1 is 1.04 bits per heavy atom. The summed E-state index contributed by atoms with van der Waals surface area (Å²) in [6.07, 6.45) is -4.12. The van der Waals surface area contributed by atoms with Gasteiger partial charge in [0, 0.05) is 27.9 Å². The maximum atomic E-state index is 11.3. The number of carbonyl (C=O) groups is 3. The Morgan fingerprint density at radius 3 is 2.17 bits per heavy atom. The zero-order chi connectivity index (χ0) is 18.3. The number of aliphatic hydroxyl groups is 1. The molecule has 1 aliphatic heterocycles. The highest BCUT2D eigenvalue weighted by Crippen LogP contribution is 2.36. The van der Waals surface area contributed by atoms with E-state index in [0.29, 0.717) is 0 Å². The lowest BCUT2D eigenvalue weighted by molar-refractivity contribution is -0.274. The molecule has 1 heterocycles. The monoisotopic (exact) mass is 350 g/mol. The van der Waals surface area contributed by atoms with Crippen molar-refractivity contribution in [1.29, 1.82) is 0 Å². The number of carbonyl (C=O) groups excluding carboxylic acids is 3. The van der Waals surface area contributed by atoms with E-state index in [0.717, 1.165) is 13.8 Å². The van der Waals surface area contributed by atoms with Crippen LogP contribution in [0, 0.1) is 0 Å². The van der Waals surface area contributed by atoms with E-state index >= 15 is 0 Å². The summed E-state index contributed by atoms with van der Waals surface area (Å²) >= 11 is 0. The van der Waals surface area contributed by atoms with Crippen LogP contribution in [0.1, 0.15) is 20.8 Å². The smallest absolute Gasteiger partial charge is 0.305 e. The minimum Gasteiger partial charge on any atom is -0.463 e. The van der Waals surface area contributed by atoms with Gasteiger partial charge < -0.3 is 33.5 Å². The molecular weight excluding hydrogens is 328 g/mol. The van der Waals surface area contributed by atoms with Gasteiger partial charge in [0.2, 0.25) is 18.2 Å². The van der Waals surface area contributed by atoms with Gasteiger partial charge in [-0.1, -0.05) is 0 Å². The molecule has 0 aliphatic carbocycles. The Hall–Kier alpha value is -1.75. The highest BCUT2D eigenvalue weighted by atomic mass is 16.8. The molecule has 1 fully saturated rings. The molecule has 1 unspecified atom stereocenters. The van der Waals surface area contributed by atoms with Gasteiger partial charge in [0.05, 0.1) is 13.2 Å². The van der Waals surface area contributed by atoms with E-state index in [1.54, 1.807) is 0 Å². The van der Waals surface area contributed by atoms with Crippen molar-refractivity contribution in [2.75, 3.05) is 26.9 Å². The number of hydrogen-bond donors (Lipinski definition) is 1. The SMILES string of the molecule is COCCO[C@]1(O)[C@@H](COC(C)=O)OC(OC(C)=O)[C@@H]1OC(C)=O. The lowest BCUT2D eigenvalue weighted by Crippen LogP contribution is -2.54. The summed E-state index contributed by atoms with van der Waals surface area (Å²) in [6, 6.07) is 0. The topological polar surface area (TPSA) is 127 Å². The normalized spacial score (nSPS) is 29.1. The first-order valence-electron chi connectivity index (χ1n) is 7.19. The fraction of sp³-hybridized carbons (Fsp3) is 0.786. The van der Waals surface area contributed by atoms with Crippen LogP contribution in [-0.4, -0.2) is 74.2 Å². The second-order valence-corrected chi connectivity index (χ2v) is 5.03. The van der Waals surface area contributed by atoms with Crippen LogP contribution >= 0.6 is 0 Å². The lowest BCUT2D eigenvalue weighted by Gasteiger charge is -2.32. The fourth-order valence-electron chi connectivity index (χ4n) is 2.10. The van der Waals surface area contributed by atoms with Crippen LogP contribution in [0.25, 0.3) is 0 Å². The van der Waals surface area contributed by atoms with E-state index in [1.807, 2.05) is 0 Å². The van der Waals surface area contributed by atoms with Crippen molar-refractivity contribution in [2.45, 2.75) is 45.1 Å². The maximum Gasteiger partial charge on any atom is 0.305 e. The van der Waals surface area contributed by atoms with Crippen molar-refractivity contribution in [3.63, 3.8) is 0 Å². The predicted molar refractivity (Wildman–Crippen MR) is 75.4 cm³/mol. The molecule has 0 spiro atoms. The quantitative estimate of drug-likeness (QED) is 0.255. The minimum atomic E-state index is -2.19. The zero-order valence-electron chi connectivity index (χ0n) is 14.0. The summed E-state index contributed by atoms with van der Waals surface area (Å²) < 4.78 is 30.3. The third-order valence-corrected chi connectivity index (χ3v) is 3.05. The Morgan fingerprint density at radius 2 is 1.67 bits per heavy atom. The van der Waals surface area contributed by atoms with Crippen molar-refractivity contribution in [3.05, 3.63) is 0 Å². The van der Waals surface area contributed by atoms with E-state index in [-0.39, 0.29) is 13.2 Å². The van der Waals surface area contributed by atoms with Gasteiger partial charge in [0.15, 0.2) is 6.10 Å². The van der Waals surface area contributed by atoms with Crippen LogP contribution in [0.15, 0.2) is 0 Å². The molecule has 138 valence electrons. The van der Waals surface area contributed by atoms with Crippen molar-refractivity contribution in [1.82, 2.24) is 0 Å². The Labute approximate surface area is 138 Å². The van der Waals surface area contributed by atoms with Gasteiger partial charge in [0.1, 0.15) is 6.61 Å². The van der Waals surface area contributed by atoms with Gasteiger partial charge in [-0.25, -0.2) is 0 Å². The van der Waals surface area contributed by atoms with Crippen molar-refractivity contribution in [2.24, 2.45) is 0 Å². The molecule has 0 amide bonds. The second-order valence-electron chi connectivity index (χ2n) is 5.03. The summed E-state index contributed by atoms with van der Waals surface area (Å²) in [4.78, 5) is 33.5. The molecule has 10 heteroatoms. The van der Waals surface area contributed by atoms with Crippen LogP contribution < -0.4 is 0 Å². The molecular formula is C14H22O10. The van der Waals surface area contributed by atoms with Crippen LogP contribution in [0.5, 0.6) is 0 Å². The highest BCUT2D eigenvalue weighted by molar-refractivity contribution is 5.67. The minimum absolute atomic E-state index is 0.0719. The largest absolute Gasteiger partial charge is 0.463 e. The summed E-state index contributed by atoms with van der Waals surface area (Å²) in [5.41, 5.74) is 0. The fourth-order valence-corrected chi connectivity index (χ4v) is 2.10. The van der Waals surface area contributed by atoms with Crippen molar-refractivity contribution >= 4 is 17.9 Å². The lowest BCUT2D eigenvalue weighted by atomic mass is 10.1. The highest BCUT2D eigenvalue weighted by Gasteiger charge is 2.61. The van der Waals surface area contributed by atoms with Crippen LogP contribution in [0.3, 0.4) is 0 Å². The molecule has 0 aromatic heterocycles. The van der Waals surface area contributed by atoms with Crippen LogP contribution in [-0.2, 0) is 42.8 Å². The number of hydrogen-bond acceptors (Lipinski definition) is 10. The first-order chi connectivity index (χ1) is 11.2. The molecule has 1 saturated heterocycles. The average molecular weight is 350 g/mol. The summed E-state index contributed by atoms with van der Waals surface area (Å²) in [6.45, 7) is 3.07. The van der Waals surface area contributed by atoms with Gasteiger partial charge in [-0.2, -0.15) is 0 Å². The first-order valence-corrected chi connectivity index (χ1v) is 7.19. The van der Waals surface area contributed by atoms with E-state index in [1.165, 1.54) is 14.0 Å². The third-order valence-electron chi connectivity index (χ3n) is 3.05. The first kappa shape index (κ1) is 20.3. The summed E-state index contributed by atoms with van der Waals surface area (Å²) in [7, 11) is 1.43. The van der Waals surface area contributed by atoms with Gasteiger partial charge in [-0.3, -0.25) is 14.4 Å². The average Bonchev–Trinajstić information content (AvgIpc) is 2.70. The number of esters is 3. The van der Waals surface area contributed by atoms with Crippen LogP contribution in [0.2, 0.25) is 0 Å². The molecule has 0 aromatic carbocycles. The number of rotatable bonds is 8. The summed E-state index contributed by atoms with van der Waals surface area (Å²) in [5.74, 6) is -4.27. The Balaban J connectivity index is 3.03.